The first-order valence-corrected chi connectivity index (χ1v) is 9.52. The molecule has 2 aromatic rings. The summed E-state index contributed by atoms with van der Waals surface area (Å²) < 4.78 is 5.74. The number of hydrogen-bond donors (Lipinski definition) is 1. The fourth-order valence-corrected chi connectivity index (χ4v) is 4.14. The van der Waals surface area contributed by atoms with Crippen molar-refractivity contribution in [2.75, 3.05) is 13.2 Å². The molecule has 0 radical (unpaired) electrons. The Kier molecular flexibility index (Phi) is 4.60. The third-order valence-electron chi connectivity index (χ3n) is 5.47. The molecule has 4 rings (SSSR count). The summed E-state index contributed by atoms with van der Waals surface area (Å²) >= 11 is 0. The van der Waals surface area contributed by atoms with Crippen molar-refractivity contribution in [3.8, 4) is 5.75 Å². The molecule has 1 spiro atoms. The number of imide groups is 1. The highest BCUT2D eigenvalue weighted by Gasteiger charge is 2.53. The van der Waals surface area contributed by atoms with Crippen LogP contribution in [-0.4, -0.2) is 30.0 Å². The number of amides is 3. The van der Waals surface area contributed by atoms with Crippen molar-refractivity contribution in [3.63, 3.8) is 0 Å². The topological polar surface area (TPSA) is 58.6 Å². The molecular formula is C22H24N2O3. The highest BCUT2D eigenvalue weighted by Crippen LogP contribution is 2.38. The Balaban J connectivity index is 1.52. The molecule has 140 valence electrons. The van der Waals surface area contributed by atoms with Crippen LogP contribution in [-0.2, 0) is 16.8 Å². The second kappa shape index (κ2) is 7.06. The van der Waals surface area contributed by atoms with Crippen molar-refractivity contribution < 1.29 is 14.3 Å². The maximum atomic E-state index is 13.3. The van der Waals surface area contributed by atoms with Crippen molar-refractivity contribution in [2.24, 2.45) is 0 Å². The van der Waals surface area contributed by atoms with E-state index in [1.807, 2.05) is 49.4 Å². The number of rotatable bonds is 4. The summed E-state index contributed by atoms with van der Waals surface area (Å²) in [5, 5.41) is 3.00. The van der Waals surface area contributed by atoms with Crippen LogP contribution in [0.4, 0.5) is 4.79 Å². The minimum atomic E-state index is -0.923. The molecule has 0 saturated carbocycles. The summed E-state index contributed by atoms with van der Waals surface area (Å²) in [7, 11) is 0. The molecule has 1 saturated heterocycles. The molecule has 1 atom stereocenters. The predicted molar refractivity (Wildman–Crippen MR) is 103 cm³/mol. The minimum absolute atomic E-state index is 0.158. The van der Waals surface area contributed by atoms with Gasteiger partial charge in [0, 0.05) is 0 Å². The molecule has 2 aliphatic rings. The quantitative estimate of drug-likeness (QED) is 0.844. The standard InChI is InChI=1S/C22H24N2O3/c1-16-7-6-10-18(15-16)27-14-13-24-20(25)22(23-21(24)26)12-5-4-9-17-8-2-3-11-19(17)22/h2-3,6-8,10-11,15H,4-5,9,12-14H2,1H3,(H,23,26)/t22-/m1/s1. The molecule has 1 fully saturated rings. The van der Waals surface area contributed by atoms with E-state index >= 15 is 0 Å². The Hall–Kier alpha value is -2.82. The maximum absolute atomic E-state index is 13.3. The molecule has 27 heavy (non-hydrogen) atoms. The molecule has 1 heterocycles. The van der Waals surface area contributed by atoms with Crippen LogP contribution in [0.25, 0.3) is 0 Å². The van der Waals surface area contributed by atoms with Gasteiger partial charge in [0.15, 0.2) is 0 Å². The first-order chi connectivity index (χ1) is 13.1. The molecule has 1 aliphatic carbocycles. The number of urea groups is 1. The smallest absolute Gasteiger partial charge is 0.325 e. The van der Waals surface area contributed by atoms with Crippen LogP contribution in [0.1, 0.15) is 36.0 Å². The van der Waals surface area contributed by atoms with E-state index < -0.39 is 5.54 Å². The molecule has 5 nitrogen and oxygen atoms in total. The van der Waals surface area contributed by atoms with Crippen LogP contribution < -0.4 is 10.1 Å². The van der Waals surface area contributed by atoms with Crippen molar-refractivity contribution >= 4 is 11.9 Å². The highest BCUT2D eigenvalue weighted by molar-refractivity contribution is 6.07. The van der Waals surface area contributed by atoms with Crippen LogP contribution >= 0.6 is 0 Å². The Morgan fingerprint density at radius 3 is 2.81 bits per heavy atom. The normalized spacial score (nSPS) is 21.7. The van der Waals surface area contributed by atoms with Crippen molar-refractivity contribution in [1.82, 2.24) is 10.2 Å². The van der Waals surface area contributed by atoms with E-state index in [1.165, 1.54) is 4.90 Å². The van der Waals surface area contributed by atoms with Gasteiger partial charge in [-0.2, -0.15) is 0 Å². The first-order valence-electron chi connectivity index (χ1n) is 9.52. The number of hydrogen-bond acceptors (Lipinski definition) is 3. The Bertz CT molecular complexity index is 879. The predicted octanol–water partition coefficient (Wildman–Crippen LogP) is 3.55. The van der Waals surface area contributed by atoms with Crippen molar-refractivity contribution in [2.45, 2.75) is 38.1 Å². The molecule has 3 amide bonds. The fraction of sp³-hybridized carbons (Fsp3) is 0.364. The van der Waals surface area contributed by atoms with Gasteiger partial charge in [-0.3, -0.25) is 9.69 Å². The lowest BCUT2D eigenvalue weighted by Crippen LogP contribution is -2.44. The van der Waals surface area contributed by atoms with E-state index in [9.17, 15) is 9.59 Å². The summed E-state index contributed by atoms with van der Waals surface area (Å²) in [6.45, 7) is 2.51. The van der Waals surface area contributed by atoms with Gasteiger partial charge < -0.3 is 10.1 Å². The summed E-state index contributed by atoms with van der Waals surface area (Å²) in [6.07, 6.45) is 3.52. The summed E-state index contributed by atoms with van der Waals surface area (Å²) in [5.74, 6) is 0.589. The summed E-state index contributed by atoms with van der Waals surface area (Å²) in [4.78, 5) is 27.2. The van der Waals surface area contributed by atoms with Gasteiger partial charge in [-0.15, -0.1) is 0 Å². The van der Waals surface area contributed by atoms with E-state index in [0.29, 0.717) is 6.42 Å². The van der Waals surface area contributed by atoms with Crippen molar-refractivity contribution in [3.05, 3.63) is 65.2 Å². The van der Waals surface area contributed by atoms with Gasteiger partial charge in [-0.05, 0) is 61.4 Å². The van der Waals surface area contributed by atoms with Crippen LogP contribution in [0.5, 0.6) is 5.75 Å². The lowest BCUT2D eigenvalue weighted by molar-refractivity contribution is -0.132. The van der Waals surface area contributed by atoms with E-state index in [1.54, 1.807) is 0 Å². The van der Waals surface area contributed by atoms with Gasteiger partial charge in [0.25, 0.3) is 5.91 Å². The number of carbonyl (C=O) groups excluding carboxylic acids is 2. The van der Waals surface area contributed by atoms with Gasteiger partial charge in [0.2, 0.25) is 0 Å². The lowest BCUT2D eigenvalue weighted by Gasteiger charge is -2.27. The molecule has 2 aromatic carbocycles. The Morgan fingerprint density at radius 1 is 1.11 bits per heavy atom. The molecule has 0 bridgehead atoms. The minimum Gasteiger partial charge on any atom is -0.492 e. The van der Waals surface area contributed by atoms with Crippen LogP contribution in [0, 0.1) is 6.92 Å². The summed E-state index contributed by atoms with van der Waals surface area (Å²) in [5.41, 5.74) is 2.29. The van der Waals surface area contributed by atoms with Gasteiger partial charge in [-0.1, -0.05) is 36.4 Å². The Morgan fingerprint density at radius 2 is 1.96 bits per heavy atom. The molecule has 0 unspecified atom stereocenters. The van der Waals surface area contributed by atoms with Gasteiger partial charge in [0.05, 0.1) is 6.54 Å². The van der Waals surface area contributed by atoms with Crippen LogP contribution in [0.3, 0.4) is 0 Å². The Labute approximate surface area is 159 Å². The third-order valence-corrected chi connectivity index (χ3v) is 5.47. The number of carbonyl (C=O) groups is 2. The second-order valence-electron chi connectivity index (χ2n) is 7.32. The van der Waals surface area contributed by atoms with E-state index in [4.69, 9.17) is 4.74 Å². The van der Waals surface area contributed by atoms with E-state index in [0.717, 1.165) is 41.7 Å². The molecular weight excluding hydrogens is 340 g/mol. The monoisotopic (exact) mass is 364 g/mol. The number of fused-ring (bicyclic) bond motifs is 2. The van der Waals surface area contributed by atoms with E-state index in [2.05, 4.69) is 11.4 Å². The first kappa shape index (κ1) is 17.6. The number of aryl methyl sites for hydroxylation is 2. The average Bonchev–Trinajstić information content (AvgIpc) is 2.80. The molecule has 0 aromatic heterocycles. The largest absolute Gasteiger partial charge is 0.492 e. The van der Waals surface area contributed by atoms with Crippen LogP contribution in [0.15, 0.2) is 48.5 Å². The molecule has 1 aliphatic heterocycles. The van der Waals surface area contributed by atoms with Crippen LogP contribution in [0.2, 0.25) is 0 Å². The second-order valence-corrected chi connectivity index (χ2v) is 7.32. The number of nitrogens with zero attached hydrogens (tertiary/aromatic N) is 1. The highest BCUT2D eigenvalue weighted by atomic mass is 16.5. The van der Waals surface area contributed by atoms with Crippen molar-refractivity contribution in [1.29, 1.82) is 0 Å². The van der Waals surface area contributed by atoms with Gasteiger partial charge in [-0.25, -0.2) is 4.79 Å². The number of ether oxygens (including phenoxy) is 1. The lowest BCUT2D eigenvalue weighted by atomic mass is 9.84. The average molecular weight is 364 g/mol. The zero-order chi connectivity index (χ0) is 18.9. The zero-order valence-corrected chi connectivity index (χ0v) is 15.5. The summed E-state index contributed by atoms with van der Waals surface area (Å²) in [6, 6.07) is 15.4. The number of nitrogens with one attached hydrogen (secondary N) is 1. The SMILES string of the molecule is Cc1cccc(OCCN2C(=O)N[C@@]3(CCCCc4ccccc43)C2=O)c1. The molecule has 5 heteroatoms. The van der Waals surface area contributed by atoms with Gasteiger partial charge >= 0.3 is 6.03 Å². The number of benzene rings is 2. The third kappa shape index (κ3) is 3.18. The maximum Gasteiger partial charge on any atom is 0.325 e. The fourth-order valence-electron chi connectivity index (χ4n) is 4.14. The van der Waals surface area contributed by atoms with Gasteiger partial charge in [0.1, 0.15) is 17.9 Å². The zero-order valence-electron chi connectivity index (χ0n) is 15.5. The molecule has 1 N–H and O–H groups in total. The van der Waals surface area contributed by atoms with E-state index in [-0.39, 0.29) is 25.1 Å².